The van der Waals surface area contributed by atoms with Gasteiger partial charge in [-0.2, -0.15) is 0 Å². The molecule has 0 radical (unpaired) electrons. The van der Waals surface area contributed by atoms with Gasteiger partial charge in [0.1, 0.15) is 0 Å². The number of nitrogens with two attached hydrogens (primary N) is 1. The Morgan fingerprint density at radius 2 is 1.96 bits per heavy atom. The van der Waals surface area contributed by atoms with Crippen LogP contribution in [-0.2, 0) is 30.8 Å². The van der Waals surface area contributed by atoms with Crippen molar-refractivity contribution >= 4 is 5.91 Å². The predicted molar refractivity (Wildman–Crippen MR) is 107 cm³/mol. The molecule has 0 spiro atoms. The van der Waals surface area contributed by atoms with Crippen LogP contribution in [-0.4, -0.2) is 56.4 Å². The third-order valence-electron chi connectivity index (χ3n) is 5.94. The number of carbonyl (C=O) groups is 1. The van der Waals surface area contributed by atoms with E-state index in [2.05, 4.69) is 45.7 Å². The van der Waals surface area contributed by atoms with Crippen LogP contribution < -0.4 is 5.73 Å². The number of fused-ring (bicyclic) bond motifs is 1. The van der Waals surface area contributed by atoms with E-state index in [1.165, 1.54) is 11.1 Å². The van der Waals surface area contributed by atoms with E-state index in [1.54, 1.807) is 6.92 Å². The molecule has 0 saturated carbocycles. The first-order valence-corrected chi connectivity index (χ1v) is 10.3. The van der Waals surface area contributed by atoms with E-state index < -0.39 is 6.04 Å². The average molecular weight is 383 g/mol. The van der Waals surface area contributed by atoms with E-state index in [4.69, 9.17) is 5.73 Å². The molecule has 1 aromatic carbocycles. The van der Waals surface area contributed by atoms with E-state index in [0.29, 0.717) is 5.92 Å². The molecule has 7 heteroatoms. The highest BCUT2D eigenvalue weighted by Gasteiger charge is 2.25. The molecule has 4 rings (SSSR count). The lowest BCUT2D eigenvalue weighted by Gasteiger charge is -2.32. The lowest BCUT2D eigenvalue weighted by atomic mass is 9.96. The van der Waals surface area contributed by atoms with Gasteiger partial charge in [0.05, 0.1) is 11.7 Å². The van der Waals surface area contributed by atoms with E-state index in [9.17, 15) is 4.79 Å². The maximum Gasteiger partial charge on any atom is 0.239 e. The Hall–Kier alpha value is -2.25. The summed E-state index contributed by atoms with van der Waals surface area (Å²) in [5.41, 5.74) is 9.64. The first-order chi connectivity index (χ1) is 13.6. The summed E-state index contributed by atoms with van der Waals surface area (Å²) in [6.07, 6.45) is 5.18. The fourth-order valence-corrected chi connectivity index (χ4v) is 4.31. The topological polar surface area (TPSA) is 80.3 Å². The molecule has 2 aliphatic heterocycles. The van der Waals surface area contributed by atoms with Crippen LogP contribution in [0.2, 0.25) is 0 Å². The molecule has 2 aliphatic rings. The van der Waals surface area contributed by atoms with Crippen molar-refractivity contribution in [3.8, 4) is 0 Å². The third kappa shape index (κ3) is 4.42. The van der Waals surface area contributed by atoms with Gasteiger partial charge < -0.3 is 10.6 Å². The Morgan fingerprint density at radius 3 is 2.71 bits per heavy atom. The van der Waals surface area contributed by atoms with E-state index in [0.717, 1.165) is 64.2 Å². The largest absolute Gasteiger partial charge is 0.341 e. The molecule has 1 aromatic heterocycles. The van der Waals surface area contributed by atoms with Gasteiger partial charge in [-0.1, -0.05) is 29.5 Å². The smallest absolute Gasteiger partial charge is 0.239 e. The molecule has 2 N–H and O–H groups in total. The molecule has 1 fully saturated rings. The number of piperidine rings is 1. The second-order valence-electron chi connectivity index (χ2n) is 8.22. The number of likely N-dealkylation sites (tertiary alicyclic amines) is 1. The van der Waals surface area contributed by atoms with Crippen molar-refractivity contribution in [1.29, 1.82) is 0 Å². The third-order valence-corrected chi connectivity index (χ3v) is 5.94. The Kier molecular flexibility index (Phi) is 5.73. The second-order valence-corrected chi connectivity index (χ2v) is 8.22. The Labute approximate surface area is 166 Å². The molecular formula is C21H30N6O. The molecular weight excluding hydrogens is 352 g/mol. The summed E-state index contributed by atoms with van der Waals surface area (Å²) in [6, 6.07) is 8.29. The van der Waals surface area contributed by atoms with Crippen LogP contribution in [0.3, 0.4) is 0 Å². The van der Waals surface area contributed by atoms with Crippen LogP contribution in [0.5, 0.6) is 0 Å². The number of rotatable bonds is 5. The number of hydrogen-bond donors (Lipinski definition) is 1. The highest BCUT2D eigenvalue weighted by atomic mass is 16.2. The van der Waals surface area contributed by atoms with Crippen molar-refractivity contribution < 1.29 is 4.79 Å². The monoisotopic (exact) mass is 382 g/mol. The van der Waals surface area contributed by atoms with Crippen molar-refractivity contribution in [2.24, 2.45) is 11.7 Å². The summed E-state index contributed by atoms with van der Waals surface area (Å²) >= 11 is 0. The lowest BCUT2D eigenvalue weighted by molar-refractivity contribution is -0.133. The minimum Gasteiger partial charge on any atom is -0.341 e. The molecule has 0 bridgehead atoms. The van der Waals surface area contributed by atoms with Gasteiger partial charge in [0.2, 0.25) is 5.91 Å². The van der Waals surface area contributed by atoms with E-state index in [1.807, 2.05) is 9.58 Å². The van der Waals surface area contributed by atoms with Crippen LogP contribution in [0, 0.1) is 5.92 Å². The van der Waals surface area contributed by atoms with Crippen molar-refractivity contribution in [2.75, 3.05) is 19.6 Å². The summed E-state index contributed by atoms with van der Waals surface area (Å²) in [5.74, 6) is 0.596. The van der Waals surface area contributed by atoms with Crippen LogP contribution in [0.1, 0.15) is 36.6 Å². The van der Waals surface area contributed by atoms with Crippen LogP contribution in [0.25, 0.3) is 0 Å². The van der Waals surface area contributed by atoms with E-state index >= 15 is 0 Å². The van der Waals surface area contributed by atoms with Crippen LogP contribution >= 0.6 is 0 Å². The summed E-state index contributed by atoms with van der Waals surface area (Å²) in [5, 5.41) is 8.73. The molecule has 1 atom stereocenters. The van der Waals surface area contributed by atoms with Gasteiger partial charge in [-0.15, -0.1) is 5.10 Å². The molecule has 1 amide bonds. The second kappa shape index (κ2) is 8.41. The van der Waals surface area contributed by atoms with Gasteiger partial charge in [0, 0.05) is 45.5 Å². The first kappa shape index (κ1) is 19.1. The molecule has 28 heavy (non-hydrogen) atoms. The van der Waals surface area contributed by atoms with Gasteiger partial charge >= 0.3 is 0 Å². The van der Waals surface area contributed by atoms with Gasteiger partial charge in [0.15, 0.2) is 0 Å². The maximum absolute atomic E-state index is 12.0. The fraction of sp³-hybridized carbons (Fsp3) is 0.571. The van der Waals surface area contributed by atoms with Gasteiger partial charge in [-0.25, -0.2) is 0 Å². The summed E-state index contributed by atoms with van der Waals surface area (Å²) in [7, 11) is 0. The Bertz CT molecular complexity index is 809. The standard InChI is InChI=1S/C21H30N6O/c1-16(22)21(28)26-10-6-17(7-11-26)12-27-15-20(23-24-27)14-25-9-8-18-4-2-3-5-19(18)13-25/h2-5,15-17H,6-14,22H2,1H3/t16-/m0/s1. The number of carbonyl (C=O) groups excluding carboxylic acids is 1. The van der Waals surface area contributed by atoms with Gasteiger partial charge in [0.25, 0.3) is 0 Å². The highest BCUT2D eigenvalue weighted by Crippen LogP contribution is 2.21. The SMILES string of the molecule is C[C@H](N)C(=O)N1CCC(Cn2cc(CN3CCc4ccccc4C3)nn2)CC1. The predicted octanol–water partition coefficient (Wildman–Crippen LogP) is 1.42. The zero-order chi connectivity index (χ0) is 19.5. The van der Waals surface area contributed by atoms with Crippen molar-refractivity contribution in [3.05, 3.63) is 47.3 Å². The van der Waals surface area contributed by atoms with E-state index in [-0.39, 0.29) is 5.91 Å². The molecule has 0 unspecified atom stereocenters. The number of nitrogens with zero attached hydrogens (tertiary/aromatic N) is 5. The summed E-state index contributed by atoms with van der Waals surface area (Å²) in [6.45, 7) is 7.10. The van der Waals surface area contributed by atoms with Crippen molar-refractivity contribution in [2.45, 2.75) is 51.9 Å². The number of hydrogen-bond acceptors (Lipinski definition) is 5. The zero-order valence-electron chi connectivity index (χ0n) is 16.6. The Balaban J connectivity index is 1.27. The average Bonchev–Trinajstić information content (AvgIpc) is 3.14. The summed E-state index contributed by atoms with van der Waals surface area (Å²) in [4.78, 5) is 16.3. The quantitative estimate of drug-likeness (QED) is 0.846. The van der Waals surface area contributed by atoms with Crippen LogP contribution in [0.15, 0.2) is 30.5 Å². The minimum atomic E-state index is -0.406. The molecule has 3 heterocycles. The van der Waals surface area contributed by atoms with Crippen LogP contribution in [0.4, 0.5) is 0 Å². The Morgan fingerprint density at radius 1 is 1.21 bits per heavy atom. The molecule has 1 saturated heterocycles. The van der Waals surface area contributed by atoms with Gasteiger partial charge in [-0.05, 0) is 43.2 Å². The molecule has 2 aromatic rings. The fourth-order valence-electron chi connectivity index (χ4n) is 4.31. The molecule has 7 nitrogen and oxygen atoms in total. The number of amides is 1. The number of benzene rings is 1. The first-order valence-electron chi connectivity index (χ1n) is 10.3. The summed E-state index contributed by atoms with van der Waals surface area (Å²) < 4.78 is 1.97. The lowest BCUT2D eigenvalue weighted by Crippen LogP contribution is -2.46. The normalized spacial score (nSPS) is 19.4. The van der Waals surface area contributed by atoms with Crippen molar-refractivity contribution in [1.82, 2.24) is 24.8 Å². The maximum atomic E-state index is 12.0. The minimum absolute atomic E-state index is 0.0598. The van der Waals surface area contributed by atoms with Crippen molar-refractivity contribution in [3.63, 3.8) is 0 Å². The number of aromatic nitrogens is 3. The highest BCUT2D eigenvalue weighted by molar-refractivity contribution is 5.81. The molecule has 0 aliphatic carbocycles. The molecule has 150 valence electrons. The van der Waals surface area contributed by atoms with Gasteiger partial charge in [-0.3, -0.25) is 14.4 Å². The zero-order valence-corrected chi connectivity index (χ0v) is 16.6.